The maximum Gasteiger partial charge on any atom is 0.264 e. The van der Waals surface area contributed by atoms with Crippen molar-refractivity contribution in [2.75, 3.05) is 17.4 Å². The standard InChI is InChI=1S/C30H36FN3O4S/c1-21(2)18-32-30(36)24(5)33(19-25-13-9-10-16-27(25)31)29(35)20-34(28-17-11-12-22(3)23(28)4)39(37,38)26-14-7-6-8-15-26/h6-17,21,24H,18-20H2,1-5H3,(H,32,36). The topological polar surface area (TPSA) is 86.8 Å². The van der Waals surface area contributed by atoms with Crippen LogP contribution in [0.25, 0.3) is 0 Å². The number of halogens is 1. The first-order valence-electron chi connectivity index (χ1n) is 12.9. The van der Waals surface area contributed by atoms with E-state index in [1.807, 2.05) is 26.8 Å². The lowest BCUT2D eigenvalue weighted by Crippen LogP contribution is -2.51. The van der Waals surface area contributed by atoms with Crippen molar-refractivity contribution in [3.8, 4) is 0 Å². The van der Waals surface area contributed by atoms with Crippen molar-refractivity contribution in [1.82, 2.24) is 10.2 Å². The van der Waals surface area contributed by atoms with Crippen LogP contribution in [0.1, 0.15) is 37.5 Å². The third-order valence-electron chi connectivity index (χ3n) is 6.61. The number of carbonyl (C=O) groups excluding carboxylic acids is 2. The average molecular weight is 554 g/mol. The van der Waals surface area contributed by atoms with Crippen LogP contribution < -0.4 is 9.62 Å². The quantitative estimate of drug-likeness (QED) is 0.369. The highest BCUT2D eigenvalue weighted by Gasteiger charge is 2.33. The van der Waals surface area contributed by atoms with Gasteiger partial charge in [0.15, 0.2) is 0 Å². The lowest BCUT2D eigenvalue weighted by molar-refractivity contribution is -0.139. The number of nitrogens with one attached hydrogen (secondary N) is 1. The predicted molar refractivity (Wildman–Crippen MR) is 151 cm³/mol. The van der Waals surface area contributed by atoms with E-state index in [2.05, 4.69) is 5.32 Å². The van der Waals surface area contributed by atoms with Gasteiger partial charge in [-0.25, -0.2) is 12.8 Å². The Morgan fingerprint density at radius 2 is 1.54 bits per heavy atom. The number of rotatable bonds is 11. The number of hydrogen-bond donors (Lipinski definition) is 1. The molecule has 0 radical (unpaired) electrons. The maximum atomic E-state index is 14.6. The van der Waals surface area contributed by atoms with Gasteiger partial charge in [-0.1, -0.05) is 62.4 Å². The molecule has 0 spiro atoms. The van der Waals surface area contributed by atoms with Gasteiger partial charge in [0.1, 0.15) is 18.4 Å². The second-order valence-corrected chi connectivity index (χ2v) is 11.8. The Morgan fingerprint density at radius 3 is 2.18 bits per heavy atom. The molecule has 0 aliphatic heterocycles. The van der Waals surface area contributed by atoms with Crippen LogP contribution in [-0.4, -0.2) is 44.3 Å². The number of sulfonamides is 1. The van der Waals surface area contributed by atoms with Crippen LogP contribution in [-0.2, 0) is 26.2 Å². The number of benzene rings is 3. The van der Waals surface area contributed by atoms with Gasteiger partial charge in [0.05, 0.1) is 10.6 Å². The Bertz CT molecular complexity index is 1410. The molecule has 9 heteroatoms. The Morgan fingerprint density at radius 1 is 0.897 bits per heavy atom. The highest BCUT2D eigenvalue weighted by molar-refractivity contribution is 7.92. The molecule has 39 heavy (non-hydrogen) atoms. The molecule has 3 rings (SSSR count). The number of amides is 2. The third kappa shape index (κ3) is 7.23. The predicted octanol–water partition coefficient (Wildman–Crippen LogP) is 4.83. The summed E-state index contributed by atoms with van der Waals surface area (Å²) in [6.07, 6.45) is 0. The molecule has 2 amide bonds. The molecule has 1 unspecified atom stereocenters. The lowest BCUT2D eigenvalue weighted by atomic mass is 10.1. The van der Waals surface area contributed by atoms with Gasteiger partial charge in [0, 0.05) is 18.7 Å². The van der Waals surface area contributed by atoms with E-state index in [9.17, 15) is 22.4 Å². The molecule has 7 nitrogen and oxygen atoms in total. The van der Waals surface area contributed by atoms with Crippen molar-refractivity contribution in [3.63, 3.8) is 0 Å². The monoisotopic (exact) mass is 553 g/mol. The minimum Gasteiger partial charge on any atom is -0.354 e. The summed E-state index contributed by atoms with van der Waals surface area (Å²) < 4.78 is 43.4. The van der Waals surface area contributed by atoms with Crippen LogP contribution in [0.15, 0.2) is 77.7 Å². The van der Waals surface area contributed by atoms with E-state index < -0.39 is 40.2 Å². The second kappa shape index (κ2) is 12.9. The van der Waals surface area contributed by atoms with Crippen molar-refractivity contribution >= 4 is 27.5 Å². The molecule has 0 saturated heterocycles. The molecule has 1 atom stereocenters. The summed E-state index contributed by atoms with van der Waals surface area (Å²) in [5.74, 6) is -1.37. The molecule has 1 N–H and O–H groups in total. The van der Waals surface area contributed by atoms with Crippen LogP contribution >= 0.6 is 0 Å². The summed E-state index contributed by atoms with van der Waals surface area (Å²) >= 11 is 0. The Hall–Kier alpha value is -3.72. The van der Waals surface area contributed by atoms with E-state index in [4.69, 9.17) is 0 Å². The molecule has 208 valence electrons. The first-order valence-corrected chi connectivity index (χ1v) is 14.3. The van der Waals surface area contributed by atoms with Crippen LogP contribution in [0, 0.1) is 25.6 Å². The maximum absolute atomic E-state index is 14.6. The zero-order valence-electron chi connectivity index (χ0n) is 23.0. The average Bonchev–Trinajstić information content (AvgIpc) is 2.91. The highest BCUT2D eigenvalue weighted by Crippen LogP contribution is 2.29. The van der Waals surface area contributed by atoms with Crippen LogP contribution in [0.5, 0.6) is 0 Å². The molecule has 3 aromatic carbocycles. The summed E-state index contributed by atoms with van der Waals surface area (Å²) in [6.45, 7) is 8.74. The third-order valence-corrected chi connectivity index (χ3v) is 8.38. The zero-order valence-corrected chi connectivity index (χ0v) is 23.8. The number of anilines is 1. The van der Waals surface area contributed by atoms with Crippen LogP contribution in [0.3, 0.4) is 0 Å². The summed E-state index contributed by atoms with van der Waals surface area (Å²) in [5, 5.41) is 2.82. The molecule has 3 aromatic rings. The van der Waals surface area contributed by atoms with E-state index in [-0.39, 0.29) is 22.9 Å². The summed E-state index contributed by atoms with van der Waals surface area (Å²) in [4.78, 5) is 28.2. The molecule has 0 aromatic heterocycles. The lowest BCUT2D eigenvalue weighted by Gasteiger charge is -2.32. The van der Waals surface area contributed by atoms with Gasteiger partial charge >= 0.3 is 0 Å². The van der Waals surface area contributed by atoms with Gasteiger partial charge in [-0.3, -0.25) is 13.9 Å². The molecule has 0 heterocycles. The summed E-state index contributed by atoms with van der Waals surface area (Å²) in [7, 11) is -4.16. The fourth-order valence-corrected chi connectivity index (χ4v) is 5.58. The van der Waals surface area contributed by atoms with Gasteiger partial charge < -0.3 is 10.2 Å². The fourth-order valence-electron chi connectivity index (χ4n) is 4.08. The Kier molecular flexibility index (Phi) is 9.86. The number of carbonyl (C=O) groups is 2. The molecule has 0 aliphatic rings. The number of hydrogen-bond acceptors (Lipinski definition) is 4. The summed E-state index contributed by atoms with van der Waals surface area (Å²) in [5.41, 5.74) is 2.14. The van der Waals surface area contributed by atoms with E-state index in [0.717, 1.165) is 9.87 Å². The van der Waals surface area contributed by atoms with Crippen molar-refractivity contribution in [1.29, 1.82) is 0 Å². The van der Waals surface area contributed by atoms with Gasteiger partial charge in [-0.2, -0.15) is 0 Å². The largest absolute Gasteiger partial charge is 0.354 e. The van der Waals surface area contributed by atoms with E-state index in [0.29, 0.717) is 17.8 Å². The molecular formula is C30H36FN3O4S. The zero-order chi connectivity index (χ0) is 28.7. The number of aryl methyl sites for hydroxylation is 1. The van der Waals surface area contributed by atoms with Gasteiger partial charge in [-0.15, -0.1) is 0 Å². The Labute approximate surface area is 230 Å². The molecule has 0 saturated carbocycles. The first kappa shape index (κ1) is 29.8. The minimum absolute atomic E-state index is 0.0297. The molecular weight excluding hydrogens is 517 g/mol. The van der Waals surface area contributed by atoms with Crippen molar-refractivity contribution < 1.29 is 22.4 Å². The van der Waals surface area contributed by atoms with Gasteiger partial charge in [-0.05, 0) is 62.1 Å². The van der Waals surface area contributed by atoms with E-state index >= 15 is 0 Å². The van der Waals surface area contributed by atoms with E-state index in [1.54, 1.807) is 56.3 Å². The van der Waals surface area contributed by atoms with Crippen molar-refractivity contribution in [2.24, 2.45) is 5.92 Å². The van der Waals surface area contributed by atoms with Crippen LogP contribution in [0.4, 0.5) is 10.1 Å². The second-order valence-electron chi connectivity index (χ2n) is 9.97. The highest BCUT2D eigenvalue weighted by atomic mass is 32.2. The van der Waals surface area contributed by atoms with E-state index in [1.165, 1.54) is 29.2 Å². The SMILES string of the molecule is Cc1cccc(N(CC(=O)N(Cc2ccccc2F)C(C)C(=O)NCC(C)C)S(=O)(=O)c2ccccc2)c1C. The normalized spacial score (nSPS) is 12.2. The smallest absolute Gasteiger partial charge is 0.264 e. The molecule has 0 fully saturated rings. The Balaban J connectivity index is 2.05. The first-order chi connectivity index (χ1) is 18.4. The van der Waals surface area contributed by atoms with Gasteiger partial charge in [0.25, 0.3) is 10.0 Å². The molecule has 0 bridgehead atoms. The van der Waals surface area contributed by atoms with Crippen molar-refractivity contribution in [3.05, 3.63) is 95.3 Å². The number of nitrogens with zero attached hydrogens (tertiary/aromatic N) is 2. The van der Waals surface area contributed by atoms with Crippen molar-refractivity contribution in [2.45, 2.75) is 52.1 Å². The van der Waals surface area contributed by atoms with Crippen LogP contribution in [0.2, 0.25) is 0 Å². The minimum atomic E-state index is -4.16. The summed E-state index contributed by atoms with van der Waals surface area (Å²) in [6, 6.07) is 18.1. The van der Waals surface area contributed by atoms with Gasteiger partial charge in [0.2, 0.25) is 11.8 Å². The molecule has 0 aliphatic carbocycles. The fraction of sp³-hybridized carbons (Fsp3) is 0.333.